The molecular weight excluding hydrogens is 214 g/mol. The number of halogens is 2. The van der Waals surface area contributed by atoms with E-state index in [1.807, 2.05) is 0 Å². The Morgan fingerprint density at radius 3 is 2.62 bits per heavy atom. The Kier molecular flexibility index (Phi) is 2.69. The monoisotopic (exact) mass is 230 g/mol. The summed E-state index contributed by atoms with van der Waals surface area (Å²) in [6.45, 7) is 7.34. The standard InChI is InChI=1S/C10H16F2N4/c1-10(2,3)6-8-14-15-9(7(11)12)16(8)5-4-13-6/h6-7,13H,4-5H2,1-3H3. The molecule has 0 bridgehead atoms. The van der Waals surface area contributed by atoms with Crippen LogP contribution >= 0.6 is 0 Å². The van der Waals surface area contributed by atoms with Gasteiger partial charge in [-0.3, -0.25) is 0 Å². The lowest BCUT2D eigenvalue weighted by Crippen LogP contribution is -2.41. The van der Waals surface area contributed by atoms with Crippen molar-refractivity contribution >= 4 is 0 Å². The molecule has 1 aromatic rings. The molecule has 1 aliphatic heterocycles. The third-order valence-electron chi connectivity index (χ3n) is 2.81. The largest absolute Gasteiger partial charge is 0.308 e. The van der Waals surface area contributed by atoms with E-state index in [4.69, 9.17) is 0 Å². The van der Waals surface area contributed by atoms with Crippen molar-refractivity contribution in [2.75, 3.05) is 6.54 Å². The number of nitrogens with zero attached hydrogens (tertiary/aromatic N) is 3. The minimum absolute atomic E-state index is 0.0266. The molecule has 1 atom stereocenters. The van der Waals surface area contributed by atoms with Gasteiger partial charge in [0.1, 0.15) is 0 Å². The van der Waals surface area contributed by atoms with Crippen LogP contribution in [0.25, 0.3) is 0 Å². The predicted molar refractivity (Wildman–Crippen MR) is 55.2 cm³/mol. The summed E-state index contributed by atoms with van der Waals surface area (Å²) in [5.74, 6) is 0.403. The van der Waals surface area contributed by atoms with Crippen molar-refractivity contribution in [2.24, 2.45) is 5.41 Å². The quantitative estimate of drug-likeness (QED) is 0.801. The van der Waals surface area contributed by atoms with Gasteiger partial charge in [0.25, 0.3) is 6.43 Å². The van der Waals surface area contributed by atoms with Crippen LogP contribution in [-0.2, 0) is 6.54 Å². The summed E-state index contributed by atoms with van der Waals surface area (Å²) in [6, 6.07) is -0.0266. The highest BCUT2D eigenvalue weighted by Gasteiger charge is 2.35. The maximum absolute atomic E-state index is 12.7. The van der Waals surface area contributed by atoms with Gasteiger partial charge in [0.05, 0.1) is 6.04 Å². The molecule has 1 N–H and O–H groups in total. The molecule has 0 saturated carbocycles. The van der Waals surface area contributed by atoms with Crippen molar-refractivity contribution in [3.8, 4) is 0 Å². The van der Waals surface area contributed by atoms with E-state index >= 15 is 0 Å². The van der Waals surface area contributed by atoms with Crippen LogP contribution < -0.4 is 5.32 Å². The van der Waals surface area contributed by atoms with Crippen LogP contribution in [-0.4, -0.2) is 21.3 Å². The zero-order valence-electron chi connectivity index (χ0n) is 9.67. The van der Waals surface area contributed by atoms with Crippen LogP contribution in [0.3, 0.4) is 0 Å². The Morgan fingerprint density at radius 2 is 2.06 bits per heavy atom. The van der Waals surface area contributed by atoms with Gasteiger partial charge in [0.2, 0.25) is 0 Å². The van der Waals surface area contributed by atoms with Gasteiger partial charge in [0, 0.05) is 13.1 Å². The van der Waals surface area contributed by atoms with E-state index in [-0.39, 0.29) is 17.3 Å². The Bertz CT molecular complexity index is 381. The van der Waals surface area contributed by atoms with Gasteiger partial charge in [-0.2, -0.15) is 0 Å². The van der Waals surface area contributed by atoms with E-state index in [9.17, 15) is 8.78 Å². The minimum Gasteiger partial charge on any atom is -0.308 e. The Hall–Kier alpha value is -1.04. The number of hydrogen-bond donors (Lipinski definition) is 1. The lowest BCUT2D eigenvalue weighted by molar-refractivity contribution is 0.131. The van der Waals surface area contributed by atoms with Crippen LogP contribution in [0.1, 0.15) is 44.9 Å². The normalized spacial score (nSPS) is 21.2. The molecule has 1 aromatic heterocycles. The third kappa shape index (κ3) is 1.81. The SMILES string of the molecule is CC(C)(C)C1NCCn2c(C(F)F)nnc21. The molecule has 1 unspecified atom stereocenters. The van der Waals surface area contributed by atoms with Crippen molar-refractivity contribution < 1.29 is 8.78 Å². The summed E-state index contributed by atoms with van der Waals surface area (Å²) in [7, 11) is 0. The van der Waals surface area contributed by atoms with Gasteiger partial charge in [-0.1, -0.05) is 20.8 Å². The summed E-state index contributed by atoms with van der Waals surface area (Å²) < 4.78 is 26.9. The number of rotatable bonds is 1. The number of fused-ring (bicyclic) bond motifs is 1. The van der Waals surface area contributed by atoms with E-state index in [0.29, 0.717) is 18.9 Å². The second kappa shape index (κ2) is 3.76. The van der Waals surface area contributed by atoms with Crippen molar-refractivity contribution in [1.82, 2.24) is 20.1 Å². The smallest absolute Gasteiger partial charge is 0.297 e. The molecule has 0 aromatic carbocycles. The molecule has 0 amide bonds. The molecule has 2 rings (SSSR count). The number of aromatic nitrogens is 3. The van der Waals surface area contributed by atoms with Gasteiger partial charge in [-0.05, 0) is 5.41 Å². The van der Waals surface area contributed by atoms with E-state index < -0.39 is 6.43 Å². The van der Waals surface area contributed by atoms with Gasteiger partial charge in [-0.15, -0.1) is 10.2 Å². The number of hydrogen-bond acceptors (Lipinski definition) is 3. The molecular formula is C10H16F2N4. The highest BCUT2D eigenvalue weighted by molar-refractivity contribution is 5.08. The van der Waals surface area contributed by atoms with E-state index in [0.717, 1.165) is 0 Å². The van der Waals surface area contributed by atoms with Crippen LogP contribution in [0.5, 0.6) is 0 Å². The zero-order valence-corrected chi connectivity index (χ0v) is 9.67. The fraction of sp³-hybridized carbons (Fsp3) is 0.800. The third-order valence-corrected chi connectivity index (χ3v) is 2.81. The fourth-order valence-electron chi connectivity index (χ4n) is 2.04. The average molecular weight is 230 g/mol. The van der Waals surface area contributed by atoms with Gasteiger partial charge in [0.15, 0.2) is 11.6 Å². The van der Waals surface area contributed by atoms with Crippen LogP contribution in [0, 0.1) is 5.41 Å². The zero-order chi connectivity index (χ0) is 11.9. The predicted octanol–water partition coefficient (Wildman–Crippen LogP) is 1.91. The molecule has 90 valence electrons. The lowest BCUT2D eigenvalue weighted by atomic mass is 9.85. The van der Waals surface area contributed by atoms with Gasteiger partial charge >= 0.3 is 0 Å². The van der Waals surface area contributed by atoms with Crippen LogP contribution in [0.15, 0.2) is 0 Å². The molecule has 0 spiro atoms. The Morgan fingerprint density at radius 1 is 1.38 bits per heavy atom. The number of alkyl halides is 2. The fourth-order valence-corrected chi connectivity index (χ4v) is 2.04. The maximum atomic E-state index is 12.7. The summed E-state index contributed by atoms with van der Waals surface area (Å²) in [4.78, 5) is 0. The van der Waals surface area contributed by atoms with Gasteiger partial charge in [-0.25, -0.2) is 8.78 Å². The number of nitrogens with one attached hydrogen (secondary N) is 1. The summed E-state index contributed by atoms with van der Waals surface area (Å²) in [5.41, 5.74) is -0.0649. The molecule has 4 nitrogen and oxygen atoms in total. The van der Waals surface area contributed by atoms with Crippen molar-refractivity contribution in [1.29, 1.82) is 0 Å². The highest BCUT2D eigenvalue weighted by Crippen LogP contribution is 2.34. The first-order valence-corrected chi connectivity index (χ1v) is 5.36. The first kappa shape index (κ1) is 11.4. The second-order valence-electron chi connectivity index (χ2n) is 5.12. The molecule has 0 radical (unpaired) electrons. The van der Waals surface area contributed by atoms with Crippen LogP contribution in [0.2, 0.25) is 0 Å². The minimum atomic E-state index is -2.56. The molecule has 0 aliphatic carbocycles. The summed E-state index contributed by atoms with van der Waals surface area (Å²) in [5, 5.41) is 10.8. The highest BCUT2D eigenvalue weighted by atomic mass is 19.3. The molecule has 1 aliphatic rings. The molecule has 6 heteroatoms. The maximum Gasteiger partial charge on any atom is 0.297 e. The molecule has 16 heavy (non-hydrogen) atoms. The van der Waals surface area contributed by atoms with Gasteiger partial charge < -0.3 is 9.88 Å². The van der Waals surface area contributed by atoms with Crippen molar-refractivity contribution in [2.45, 2.75) is 39.8 Å². The second-order valence-corrected chi connectivity index (χ2v) is 5.12. The van der Waals surface area contributed by atoms with E-state index in [1.54, 1.807) is 0 Å². The Balaban J connectivity index is 2.41. The summed E-state index contributed by atoms with van der Waals surface area (Å²) in [6.07, 6.45) is -2.56. The van der Waals surface area contributed by atoms with E-state index in [2.05, 4.69) is 36.3 Å². The summed E-state index contributed by atoms with van der Waals surface area (Å²) >= 11 is 0. The molecule has 2 heterocycles. The first-order valence-electron chi connectivity index (χ1n) is 5.36. The first-order chi connectivity index (χ1) is 7.41. The van der Waals surface area contributed by atoms with E-state index in [1.165, 1.54) is 4.57 Å². The Labute approximate surface area is 93.1 Å². The molecule has 0 saturated heterocycles. The lowest BCUT2D eigenvalue weighted by Gasteiger charge is -2.34. The molecule has 0 fully saturated rings. The van der Waals surface area contributed by atoms with Crippen molar-refractivity contribution in [3.05, 3.63) is 11.6 Å². The topological polar surface area (TPSA) is 42.7 Å². The van der Waals surface area contributed by atoms with Crippen LogP contribution in [0.4, 0.5) is 8.78 Å². The van der Waals surface area contributed by atoms with Crippen molar-refractivity contribution in [3.63, 3.8) is 0 Å². The average Bonchev–Trinajstić information content (AvgIpc) is 2.58.